The van der Waals surface area contributed by atoms with E-state index in [9.17, 15) is 0 Å². The minimum absolute atomic E-state index is 0.281. The smallest absolute Gasteiger partial charge is 0.188 e. The average molecular weight is 239 g/mol. The number of nitrogens with one attached hydrogen (secondary N) is 1. The van der Waals surface area contributed by atoms with Crippen LogP contribution < -0.4 is 11.1 Å². The molecule has 1 rings (SSSR count). The monoisotopic (exact) mass is 239 g/mol. The minimum Gasteiger partial charge on any atom is -0.370 e. The van der Waals surface area contributed by atoms with Crippen LogP contribution in [0.1, 0.15) is 59.8 Å². The molecule has 1 aliphatic rings. The molecule has 3 N–H and O–H groups in total. The molecule has 0 spiro atoms. The number of hydrogen-bond donors (Lipinski definition) is 2. The Balaban J connectivity index is 2.47. The van der Waals surface area contributed by atoms with E-state index >= 15 is 0 Å². The normalized spacial score (nSPS) is 19.7. The Labute approximate surface area is 106 Å². The van der Waals surface area contributed by atoms with Crippen LogP contribution in [0.2, 0.25) is 0 Å². The zero-order valence-corrected chi connectivity index (χ0v) is 11.9. The van der Waals surface area contributed by atoms with Crippen molar-refractivity contribution in [1.82, 2.24) is 5.32 Å². The van der Waals surface area contributed by atoms with Crippen molar-refractivity contribution < 1.29 is 0 Å². The summed E-state index contributed by atoms with van der Waals surface area (Å²) in [5, 5.41) is 3.15. The molecule has 0 saturated heterocycles. The summed E-state index contributed by atoms with van der Waals surface area (Å²) in [5.74, 6) is 1.40. The van der Waals surface area contributed by atoms with Crippen molar-refractivity contribution in [1.29, 1.82) is 0 Å². The molecule has 1 aliphatic carbocycles. The molecular weight excluding hydrogens is 210 g/mol. The van der Waals surface area contributed by atoms with E-state index in [1.807, 2.05) is 0 Å². The van der Waals surface area contributed by atoms with Crippen LogP contribution in [0.25, 0.3) is 0 Å². The van der Waals surface area contributed by atoms with Crippen LogP contribution in [0.4, 0.5) is 0 Å². The summed E-state index contributed by atoms with van der Waals surface area (Å²) in [7, 11) is 0. The van der Waals surface area contributed by atoms with E-state index < -0.39 is 0 Å². The number of nitrogens with two attached hydrogens (primary N) is 1. The molecule has 0 bridgehead atoms. The van der Waals surface area contributed by atoms with E-state index in [2.05, 4.69) is 38.0 Å². The second-order valence-corrected chi connectivity index (χ2v) is 6.32. The first-order chi connectivity index (χ1) is 7.92. The number of aliphatic imine (C=N–C) groups is 1. The van der Waals surface area contributed by atoms with Gasteiger partial charge in [-0.15, -0.1) is 0 Å². The molecule has 0 radical (unpaired) electrons. The summed E-state index contributed by atoms with van der Waals surface area (Å²) >= 11 is 0. The summed E-state index contributed by atoms with van der Waals surface area (Å²) < 4.78 is 0. The van der Waals surface area contributed by atoms with E-state index in [0.717, 1.165) is 12.5 Å². The Bertz CT molecular complexity index is 250. The van der Waals surface area contributed by atoms with Crippen molar-refractivity contribution in [3.05, 3.63) is 0 Å². The van der Waals surface area contributed by atoms with E-state index in [1.54, 1.807) is 0 Å². The molecule has 0 unspecified atom stereocenters. The third-order valence-electron chi connectivity index (χ3n) is 3.80. The first kappa shape index (κ1) is 14.3. The number of nitrogens with zero attached hydrogens (tertiary/aromatic N) is 1. The summed E-state index contributed by atoms with van der Waals surface area (Å²) in [6.45, 7) is 9.65. The molecule has 0 aromatic rings. The second kappa shape index (κ2) is 6.27. The van der Waals surface area contributed by atoms with Crippen molar-refractivity contribution in [3.8, 4) is 0 Å². The van der Waals surface area contributed by atoms with Crippen molar-refractivity contribution in [2.75, 3.05) is 6.54 Å². The fourth-order valence-electron chi connectivity index (χ4n) is 2.64. The SMILES string of the molecule is CC(C)NC(N)=NCC(C)(C)C1CCCCC1. The van der Waals surface area contributed by atoms with Crippen LogP contribution in [-0.4, -0.2) is 18.5 Å². The number of guanidine groups is 1. The van der Waals surface area contributed by atoms with Gasteiger partial charge in [0.05, 0.1) is 0 Å². The van der Waals surface area contributed by atoms with Gasteiger partial charge in [-0.3, -0.25) is 4.99 Å². The molecule has 0 aromatic carbocycles. The van der Waals surface area contributed by atoms with Crippen LogP contribution >= 0.6 is 0 Å². The summed E-state index contributed by atoms with van der Waals surface area (Å²) in [6, 6.07) is 0.358. The lowest BCUT2D eigenvalue weighted by molar-refractivity contribution is 0.167. The molecule has 3 nitrogen and oxygen atoms in total. The second-order valence-electron chi connectivity index (χ2n) is 6.32. The Morgan fingerprint density at radius 1 is 1.29 bits per heavy atom. The van der Waals surface area contributed by atoms with Gasteiger partial charge in [0.15, 0.2) is 5.96 Å². The van der Waals surface area contributed by atoms with Crippen LogP contribution in [0, 0.1) is 11.3 Å². The lowest BCUT2D eigenvalue weighted by Crippen LogP contribution is -2.38. The largest absolute Gasteiger partial charge is 0.370 e. The average Bonchev–Trinajstić information content (AvgIpc) is 2.27. The summed E-state index contributed by atoms with van der Waals surface area (Å²) in [6.07, 6.45) is 6.90. The van der Waals surface area contributed by atoms with Crippen LogP contribution in [0.5, 0.6) is 0 Å². The highest BCUT2D eigenvalue weighted by Gasteiger charge is 2.30. The standard InChI is InChI=1S/C14H29N3/c1-11(2)17-13(15)16-10-14(3,4)12-8-6-5-7-9-12/h11-12H,5-10H2,1-4H3,(H3,15,16,17). The fraction of sp³-hybridized carbons (Fsp3) is 0.929. The van der Waals surface area contributed by atoms with Crippen molar-refractivity contribution in [2.45, 2.75) is 65.8 Å². The maximum absolute atomic E-state index is 5.85. The Kier molecular flexibility index (Phi) is 5.29. The molecule has 0 atom stereocenters. The van der Waals surface area contributed by atoms with Gasteiger partial charge in [0.2, 0.25) is 0 Å². The van der Waals surface area contributed by atoms with Gasteiger partial charge in [-0.05, 0) is 38.0 Å². The van der Waals surface area contributed by atoms with E-state index in [0.29, 0.717) is 12.0 Å². The van der Waals surface area contributed by atoms with Gasteiger partial charge >= 0.3 is 0 Å². The molecule has 17 heavy (non-hydrogen) atoms. The maximum Gasteiger partial charge on any atom is 0.188 e. The van der Waals surface area contributed by atoms with Gasteiger partial charge < -0.3 is 11.1 Å². The van der Waals surface area contributed by atoms with Crippen LogP contribution in [0.15, 0.2) is 4.99 Å². The Morgan fingerprint density at radius 3 is 2.41 bits per heavy atom. The summed E-state index contributed by atoms with van der Waals surface area (Å²) in [4.78, 5) is 4.49. The van der Waals surface area contributed by atoms with Gasteiger partial charge in [-0.2, -0.15) is 0 Å². The third kappa shape index (κ3) is 4.97. The zero-order valence-electron chi connectivity index (χ0n) is 11.9. The number of hydrogen-bond acceptors (Lipinski definition) is 1. The zero-order chi connectivity index (χ0) is 12.9. The molecular formula is C14H29N3. The maximum atomic E-state index is 5.85. The van der Waals surface area contributed by atoms with Crippen molar-refractivity contribution in [3.63, 3.8) is 0 Å². The molecule has 0 heterocycles. The van der Waals surface area contributed by atoms with Crippen molar-refractivity contribution >= 4 is 5.96 Å². The highest BCUT2D eigenvalue weighted by atomic mass is 15.1. The molecule has 0 amide bonds. The highest BCUT2D eigenvalue weighted by Crippen LogP contribution is 2.38. The van der Waals surface area contributed by atoms with E-state index in [4.69, 9.17) is 5.73 Å². The highest BCUT2D eigenvalue weighted by molar-refractivity contribution is 5.78. The Hall–Kier alpha value is -0.730. The van der Waals surface area contributed by atoms with Gasteiger partial charge in [-0.1, -0.05) is 33.1 Å². The first-order valence-corrected chi connectivity index (χ1v) is 6.98. The first-order valence-electron chi connectivity index (χ1n) is 6.98. The molecule has 0 aromatic heterocycles. The molecule has 3 heteroatoms. The third-order valence-corrected chi connectivity index (χ3v) is 3.80. The molecule has 0 aliphatic heterocycles. The molecule has 100 valence electrons. The molecule has 1 saturated carbocycles. The van der Waals surface area contributed by atoms with Crippen molar-refractivity contribution in [2.24, 2.45) is 22.1 Å². The van der Waals surface area contributed by atoms with Crippen LogP contribution in [-0.2, 0) is 0 Å². The van der Waals surface area contributed by atoms with E-state index in [-0.39, 0.29) is 5.41 Å². The van der Waals surface area contributed by atoms with Gasteiger partial charge in [0, 0.05) is 12.6 Å². The predicted molar refractivity (Wildman–Crippen MR) is 75.1 cm³/mol. The minimum atomic E-state index is 0.281. The van der Waals surface area contributed by atoms with Gasteiger partial charge in [-0.25, -0.2) is 0 Å². The van der Waals surface area contributed by atoms with Gasteiger partial charge in [0.1, 0.15) is 0 Å². The molecule has 1 fully saturated rings. The van der Waals surface area contributed by atoms with Gasteiger partial charge in [0.25, 0.3) is 0 Å². The van der Waals surface area contributed by atoms with E-state index in [1.165, 1.54) is 32.1 Å². The topological polar surface area (TPSA) is 50.4 Å². The fourth-order valence-corrected chi connectivity index (χ4v) is 2.64. The van der Waals surface area contributed by atoms with Crippen LogP contribution in [0.3, 0.4) is 0 Å². The quantitative estimate of drug-likeness (QED) is 0.585. The summed E-state index contributed by atoms with van der Waals surface area (Å²) in [5.41, 5.74) is 6.13. The lowest BCUT2D eigenvalue weighted by atomic mass is 9.71. The predicted octanol–water partition coefficient (Wildman–Crippen LogP) is 2.91. The number of rotatable bonds is 4. The Morgan fingerprint density at radius 2 is 1.88 bits per heavy atom. The lowest BCUT2D eigenvalue weighted by Gasteiger charge is -2.36.